The van der Waals surface area contributed by atoms with Gasteiger partial charge in [-0.15, -0.1) is 0 Å². The molecule has 1 amide bonds. The summed E-state index contributed by atoms with van der Waals surface area (Å²) in [5.41, 5.74) is 3.26. The summed E-state index contributed by atoms with van der Waals surface area (Å²) >= 11 is 1.67. The molecule has 136 valence electrons. The quantitative estimate of drug-likeness (QED) is 0.703. The van der Waals surface area contributed by atoms with Gasteiger partial charge >= 0.3 is 0 Å². The summed E-state index contributed by atoms with van der Waals surface area (Å²) < 4.78 is 2.03. The molecule has 2 aliphatic heterocycles. The number of amides is 1. The third kappa shape index (κ3) is 3.81. The van der Waals surface area contributed by atoms with Crippen LogP contribution in [0.15, 0.2) is 54.6 Å². The Morgan fingerprint density at radius 2 is 1.65 bits per heavy atom. The zero-order valence-corrected chi connectivity index (χ0v) is 16.0. The highest BCUT2D eigenvalue weighted by Crippen LogP contribution is 2.38. The van der Waals surface area contributed by atoms with Gasteiger partial charge in [0.15, 0.2) is 0 Å². The fourth-order valence-electron chi connectivity index (χ4n) is 3.99. The predicted molar refractivity (Wildman–Crippen MR) is 108 cm³/mol. The normalized spacial score (nSPS) is 19.2. The van der Waals surface area contributed by atoms with Gasteiger partial charge in [0.25, 0.3) is 5.91 Å². The lowest BCUT2D eigenvalue weighted by molar-refractivity contribution is 0.0814. The first-order chi connectivity index (χ1) is 12.8. The summed E-state index contributed by atoms with van der Waals surface area (Å²) in [6, 6.07) is 18.7. The van der Waals surface area contributed by atoms with E-state index in [1.807, 2.05) is 28.6 Å². The van der Waals surface area contributed by atoms with Crippen molar-refractivity contribution in [3.63, 3.8) is 0 Å². The highest BCUT2D eigenvalue weighted by molar-refractivity contribution is 7.96. The minimum Gasteiger partial charge on any atom is -0.303 e. The van der Waals surface area contributed by atoms with E-state index in [1.54, 1.807) is 11.9 Å². The monoisotopic (exact) mass is 366 g/mol. The van der Waals surface area contributed by atoms with E-state index < -0.39 is 0 Å². The molecule has 4 heteroatoms. The average molecular weight is 367 g/mol. The summed E-state index contributed by atoms with van der Waals surface area (Å²) in [5.74, 6) is 1.03. The average Bonchev–Trinajstić information content (AvgIpc) is 2.71. The zero-order chi connectivity index (χ0) is 17.8. The number of benzene rings is 2. The molecule has 26 heavy (non-hydrogen) atoms. The van der Waals surface area contributed by atoms with Crippen LogP contribution >= 0.6 is 11.9 Å². The Bertz CT molecular complexity index is 743. The number of piperidine rings is 1. The van der Waals surface area contributed by atoms with Gasteiger partial charge in [-0.05, 0) is 61.5 Å². The lowest BCUT2D eigenvalue weighted by atomic mass is 10.0. The molecule has 0 radical (unpaired) electrons. The number of carbonyl (C=O) groups excluding carboxylic acids is 1. The van der Waals surface area contributed by atoms with Crippen molar-refractivity contribution >= 4 is 17.9 Å². The summed E-state index contributed by atoms with van der Waals surface area (Å²) in [4.78, 5) is 15.7. The summed E-state index contributed by atoms with van der Waals surface area (Å²) in [6.45, 7) is 3.46. The maximum absolute atomic E-state index is 13.2. The molecule has 1 unspecified atom stereocenters. The number of carbonyl (C=O) groups is 1. The van der Waals surface area contributed by atoms with Gasteiger partial charge in [-0.25, -0.2) is 0 Å². The van der Waals surface area contributed by atoms with E-state index in [0.29, 0.717) is 0 Å². The molecule has 2 aromatic rings. The van der Waals surface area contributed by atoms with Crippen LogP contribution in [0.3, 0.4) is 0 Å². The third-order valence-electron chi connectivity index (χ3n) is 5.44. The fraction of sp³-hybridized carbons (Fsp3) is 0.409. The SMILES string of the molecule is O=C1c2ccccc2CSN1C(CCN1CCCCC1)c1ccccc1. The molecule has 2 aliphatic rings. The van der Waals surface area contributed by atoms with Crippen molar-refractivity contribution in [2.45, 2.75) is 37.5 Å². The highest BCUT2D eigenvalue weighted by Gasteiger charge is 2.32. The molecule has 2 aromatic carbocycles. The number of nitrogens with zero attached hydrogens (tertiary/aromatic N) is 2. The molecule has 3 nitrogen and oxygen atoms in total. The molecular weight excluding hydrogens is 340 g/mol. The fourth-order valence-corrected chi connectivity index (χ4v) is 5.14. The second-order valence-electron chi connectivity index (χ2n) is 7.18. The smallest absolute Gasteiger partial charge is 0.264 e. The van der Waals surface area contributed by atoms with Crippen molar-refractivity contribution in [1.82, 2.24) is 9.21 Å². The van der Waals surface area contributed by atoms with Gasteiger partial charge in [-0.3, -0.25) is 9.10 Å². The topological polar surface area (TPSA) is 23.6 Å². The molecule has 0 aromatic heterocycles. The van der Waals surface area contributed by atoms with Crippen LogP contribution in [-0.4, -0.2) is 34.7 Å². The van der Waals surface area contributed by atoms with E-state index in [9.17, 15) is 4.79 Å². The third-order valence-corrected chi connectivity index (χ3v) is 6.58. The standard InChI is InChI=1S/C22H26N2OS/c25-22-20-12-6-5-11-19(20)17-26-24(22)21(18-9-3-1-4-10-18)13-16-23-14-7-2-8-15-23/h1,3-6,9-12,21H,2,7-8,13-17H2. The first-order valence-corrected chi connectivity index (χ1v) is 10.6. The summed E-state index contributed by atoms with van der Waals surface area (Å²) in [7, 11) is 0. The van der Waals surface area contributed by atoms with Crippen molar-refractivity contribution in [2.75, 3.05) is 19.6 Å². The number of fused-ring (bicyclic) bond motifs is 1. The number of rotatable bonds is 5. The Balaban J connectivity index is 1.56. The molecule has 0 N–H and O–H groups in total. The van der Waals surface area contributed by atoms with Crippen LogP contribution in [0.1, 0.15) is 53.2 Å². The highest BCUT2D eigenvalue weighted by atomic mass is 32.2. The van der Waals surface area contributed by atoms with E-state index >= 15 is 0 Å². The van der Waals surface area contributed by atoms with Gasteiger partial charge in [0.05, 0.1) is 6.04 Å². The van der Waals surface area contributed by atoms with E-state index in [0.717, 1.165) is 29.8 Å². The molecule has 4 rings (SSSR count). The van der Waals surface area contributed by atoms with E-state index in [4.69, 9.17) is 0 Å². The molecular formula is C22H26N2OS. The lowest BCUT2D eigenvalue weighted by Gasteiger charge is -2.36. The predicted octanol–water partition coefficient (Wildman–Crippen LogP) is 4.91. The number of hydrogen-bond donors (Lipinski definition) is 0. The largest absolute Gasteiger partial charge is 0.303 e. The van der Waals surface area contributed by atoms with Crippen LogP contribution in [0.4, 0.5) is 0 Å². The molecule has 0 aliphatic carbocycles. The van der Waals surface area contributed by atoms with Crippen LogP contribution in [-0.2, 0) is 5.75 Å². The lowest BCUT2D eigenvalue weighted by Crippen LogP contribution is -2.36. The molecule has 1 fully saturated rings. The summed E-state index contributed by atoms with van der Waals surface area (Å²) in [5, 5.41) is 0. The van der Waals surface area contributed by atoms with Gasteiger partial charge < -0.3 is 4.90 Å². The van der Waals surface area contributed by atoms with Gasteiger partial charge in [0.1, 0.15) is 0 Å². The molecule has 1 atom stereocenters. The summed E-state index contributed by atoms with van der Waals surface area (Å²) in [6.07, 6.45) is 4.96. The van der Waals surface area contributed by atoms with Crippen LogP contribution in [0.5, 0.6) is 0 Å². The Labute approximate surface area is 160 Å². The Morgan fingerprint density at radius 1 is 0.923 bits per heavy atom. The van der Waals surface area contributed by atoms with Gasteiger partial charge in [-0.1, -0.05) is 55.0 Å². The molecule has 0 bridgehead atoms. The van der Waals surface area contributed by atoms with Crippen LogP contribution < -0.4 is 0 Å². The minimum absolute atomic E-state index is 0.129. The molecule has 0 spiro atoms. The van der Waals surface area contributed by atoms with Crippen molar-refractivity contribution in [1.29, 1.82) is 0 Å². The number of likely N-dealkylation sites (tertiary alicyclic amines) is 1. The van der Waals surface area contributed by atoms with E-state index in [2.05, 4.69) is 35.2 Å². The Hall–Kier alpha value is -1.78. The second-order valence-corrected chi connectivity index (χ2v) is 8.12. The van der Waals surface area contributed by atoms with Gasteiger partial charge in [-0.2, -0.15) is 0 Å². The maximum atomic E-state index is 13.2. The van der Waals surface area contributed by atoms with Crippen molar-refractivity contribution in [2.24, 2.45) is 0 Å². The zero-order valence-electron chi connectivity index (χ0n) is 15.1. The van der Waals surface area contributed by atoms with Crippen molar-refractivity contribution < 1.29 is 4.79 Å². The minimum atomic E-state index is 0.129. The Morgan fingerprint density at radius 3 is 2.46 bits per heavy atom. The maximum Gasteiger partial charge on any atom is 0.264 e. The van der Waals surface area contributed by atoms with Gasteiger partial charge in [0, 0.05) is 17.9 Å². The Kier molecular flexibility index (Phi) is 5.61. The molecule has 0 saturated carbocycles. The van der Waals surface area contributed by atoms with Crippen LogP contribution in [0.2, 0.25) is 0 Å². The van der Waals surface area contributed by atoms with E-state index in [-0.39, 0.29) is 11.9 Å². The van der Waals surface area contributed by atoms with Crippen molar-refractivity contribution in [3.8, 4) is 0 Å². The molecule has 1 saturated heterocycles. The van der Waals surface area contributed by atoms with Crippen LogP contribution in [0.25, 0.3) is 0 Å². The second kappa shape index (κ2) is 8.28. The first-order valence-electron chi connectivity index (χ1n) is 9.64. The van der Waals surface area contributed by atoms with Gasteiger partial charge in [0.2, 0.25) is 0 Å². The first kappa shape index (κ1) is 17.6. The van der Waals surface area contributed by atoms with E-state index in [1.165, 1.54) is 37.9 Å². The number of hydrogen-bond acceptors (Lipinski definition) is 3. The van der Waals surface area contributed by atoms with Crippen molar-refractivity contribution in [3.05, 3.63) is 71.3 Å². The van der Waals surface area contributed by atoms with Crippen LogP contribution in [0, 0.1) is 0 Å². The molecule has 2 heterocycles.